The van der Waals surface area contributed by atoms with Crippen LogP contribution in [0.15, 0.2) is 33.2 Å². The summed E-state index contributed by atoms with van der Waals surface area (Å²) in [6.07, 6.45) is 0.662. The lowest BCUT2D eigenvalue weighted by atomic mass is 10.1. The Balaban J connectivity index is 2.34. The first-order valence-electron chi connectivity index (χ1n) is 5.00. The van der Waals surface area contributed by atoms with Crippen LogP contribution in [0.5, 0.6) is 0 Å². The van der Waals surface area contributed by atoms with Gasteiger partial charge in [0.2, 0.25) is 0 Å². The Morgan fingerprint density at radius 3 is 2.53 bits per heavy atom. The van der Waals surface area contributed by atoms with Gasteiger partial charge >= 0.3 is 0 Å². The van der Waals surface area contributed by atoms with Crippen LogP contribution in [-0.4, -0.2) is 9.97 Å². The number of halogens is 3. The van der Waals surface area contributed by atoms with Crippen LogP contribution in [0.4, 0.5) is 0 Å². The molecule has 0 amide bonds. The van der Waals surface area contributed by atoms with E-state index in [-0.39, 0.29) is 0 Å². The zero-order valence-corrected chi connectivity index (χ0v) is 13.0. The fourth-order valence-electron chi connectivity index (χ4n) is 1.47. The zero-order valence-electron chi connectivity index (χ0n) is 9.04. The van der Waals surface area contributed by atoms with E-state index in [0.717, 1.165) is 26.0 Å². The van der Waals surface area contributed by atoms with Gasteiger partial charge < -0.3 is 0 Å². The van der Waals surface area contributed by atoms with Gasteiger partial charge in [-0.05, 0) is 34.5 Å². The van der Waals surface area contributed by atoms with E-state index in [4.69, 9.17) is 11.6 Å². The summed E-state index contributed by atoms with van der Waals surface area (Å²) in [7, 11) is 0. The van der Waals surface area contributed by atoms with Crippen molar-refractivity contribution >= 4 is 43.5 Å². The Kier molecular flexibility index (Phi) is 4.17. The molecule has 88 valence electrons. The standard InChI is InChI=1S/C12H9Br2ClN2/c1-7-11(14)12(15)17-10(16-7)6-8-4-2-3-5-9(8)13/h2-5H,6H2,1H3. The first kappa shape index (κ1) is 13.0. The molecule has 0 aliphatic rings. The molecule has 0 aliphatic heterocycles. The lowest BCUT2D eigenvalue weighted by molar-refractivity contribution is 0.932. The molecule has 0 saturated heterocycles. The summed E-state index contributed by atoms with van der Waals surface area (Å²) >= 11 is 12.9. The second kappa shape index (κ2) is 5.46. The van der Waals surface area contributed by atoms with Crippen molar-refractivity contribution < 1.29 is 0 Å². The highest BCUT2D eigenvalue weighted by Gasteiger charge is 2.09. The minimum absolute atomic E-state index is 0.458. The third-order valence-corrected chi connectivity index (χ3v) is 4.55. The second-order valence-electron chi connectivity index (χ2n) is 3.60. The summed E-state index contributed by atoms with van der Waals surface area (Å²) < 4.78 is 1.82. The number of nitrogens with zero attached hydrogens (tertiary/aromatic N) is 2. The molecule has 0 radical (unpaired) electrons. The zero-order chi connectivity index (χ0) is 12.4. The molecule has 2 rings (SSSR count). The fraction of sp³-hybridized carbons (Fsp3) is 0.167. The van der Waals surface area contributed by atoms with Gasteiger partial charge in [0.1, 0.15) is 11.0 Å². The Labute approximate surface area is 122 Å². The minimum Gasteiger partial charge on any atom is -0.237 e. The van der Waals surface area contributed by atoms with Crippen molar-refractivity contribution in [1.29, 1.82) is 0 Å². The summed E-state index contributed by atoms with van der Waals surface area (Å²) in [5.41, 5.74) is 2.00. The fourth-order valence-corrected chi connectivity index (χ4v) is 2.31. The van der Waals surface area contributed by atoms with Gasteiger partial charge in [0.15, 0.2) is 0 Å². The van der Waals surface area contributed by atoms with Crippen molar-refractivity contribution in [3.05, 3.63) is 55.4 Å². The number of rotatable bonds is 2. The van der Waals surface area contributed by atoms with Crippen LogP contribution >= 0.6 is 43.5 Å². The Bertz CT molecular complexity index is 535. The van der Waals surface area contributed by atoms with Crippen molar-refractivity contribution in [2.24, 2.45) is 0 Å². The molecule has 5 heteroatoms. The molecule has 0 aliphatic carbocycles. The summed E-state index contributed by atoms with van der Waals surface area (Å²) in [5.74, 6) is 0.725. The largest absolute Gasteiger partial charge is 0.237 e. The molecule has 0 spiro atoms. The molecule has 0 N–H and O–H groups in total. The molecular weight excluding hydrogens is 367 g/mol. The normalized spacial score (nSPS) is 10.6. The van der Waals surface area contributed by atoms with E-state index in [1.807, 2.05) is 31.2 Å². The van der Waals surface area contributed by atoms with Gasteiger partial charge in [-0.15, -0.1) is 0 Å². The van der Waals surface area contributed by atoms with E-state index in [9.17, 15) is 0 Å². The van der Waals surface area contributed by atoms with Gasteiger partial charge in [0.25, 0.3) is 0 Å². The molecule has 2 nitrogen and oxygen atoms in total. The van der Waals surface area contributed by atoms with Crippen molar-refractivity contribution in [3.63, 3.8) is 0 Å². The van der Waals surface area contributed by atoms with E-state index >= 15 is 0 Å². The SMILES string of the molecule is Cc1nc(Cc2ccccc2Br)nc(Cl)c1Br. The monoisotopic (exact) mass is 374 g/mol. The van der Waals surface area contributed by atoms with Gasteiger partial charge in [-0.2, -0.15) is 0 Å². The van der Waals surface area contributed by atoms with E-state index < -0.39 is 0 Å². The van der Waals surface area contributed by atoms with Gasteiger partial charge in [0, 0.05) is 10.9 Å². The molecule has 0 bridgehead atoms. The minimum atomic E-state index is 0.458. The van der Waals surface area contributed by atoms with E-state index in [1.165, 1.54) is 0 Å². The maximum Gasteiger partial charge on any atom is 0.147 e. The number of hydrogen-bond donors (Lipinski definition) is 0. The smallest absolute Gasteiger partial charge is 0.147 e. The Morgan fingerprint density at radius 2 is 1.88 bits per heavy atom. The van der Waals surface area contributed by atoms with Crippen LogP contribution in [0.3, 0.4) is 0 Å². The van der Waals surface area contributed by atoms with Gasteiger partial charge in [-0.25, -0.2) is 9.97 Å². The second-order valence-corrected chi connectivity index (χ2v) is 5.60. The first-order chi connectivity index (χ1) is 8.08. The topological polar surface area (TPSA) is 25.8 Å². The number of hydrogen-bond acceptors (Lipinski definition) is 2. The van der Waals surface area contributed by atoms with E-state index in [1.54, 1.807) is 0 Å². The summed E-state index contributed by atoms with van der Waals surface area (Å²) in [6, 6.07) is 8.02. The van der Waals surface area contributed by atoms with Crippen LogP contribution in [-0.2, 0) is 6.42 Å². The average molecular weight is 376 g/mol. The highest BCUT2D eigenvalue weighted by atomic mass is 79.9. The molecule has 0 saturated carbocycles. The predicted molar refractivity (Wildman–Crippen MR) is 76.4 cm³/mol. The number of aromatic nitrogens is 2. The van der Waals surface area contributed by atoms with Gasteiger partial charge in [0.05, 0.1) is 10.2 Å². The molecule has 1 heterocycles. The van der Waals surface area contributed by atoms with Crippen molar-refractivity contribution in [2.45, 2.75) is 13.3 Å². The van der Waals surface area contributed by atoms with Crippen LogP contribution in [0.1, 0.15) is 17.1 Å². The van der Waals surface area contributed by atoms with Crippen LogP contribution < -0.4 is 0 Å². The Hall–Kier alpha value is -0.450. The van der Waals surface area contributed by atoms with E-state index in [0.29, 0.717) is 11.6 Å². The van der Waals surface area contributed by atoms with Crippen LogP contribution in [0.2, 0.25) is 5.15 Å². The predicted octanol–water partition coefficient (Wildman–Crippen LogP) is 4.55. The summed E-state index contributed by atoms with van der Waals surface area (Å²) in [5, 5.41) is 0.458. The highest BCUT2D eigenvalue weighted by molar-refractivity contribution is 9.10. The van der Waals surface area contributed by atoms with Gasteiger partial charge in [-0.1, -0.05) is 45.7 Å². The molecule has 0 atom stereocenters. The third kappa shape index (κ3) is 3.06. The van der Waals surface area contributed by atoms with Crippen LogP contribution in [0, 0.1) is 6.92 Å². The Morgan fingerprint density at radius 1 is 1.18 bits per heavy atom. The molecular formula is C12H9Br2ClN2. The molecule has 1 aromatic carbocycles. The number of benzene rings is 1. The maximum atomic E-state index is 6.02. The van der Waals surface area contributed by atoms with Crippen LogP contribution in [0.25, 0.3) is 0 Å². The molecule has 2 aromatic rings. The molecule has 17 heavy (non-hydrogen) atoms. The maximum absolute atomic E-state index is 6.02. The molecule has 1 aromatic heterocycles. The molecule has 0 fully saturated rings. The summed E-state index contributed by atoms with van der Waals surface area (Å²) in [6.45, 7) is 1.90. The lowest BCUT2D eigenvalue weighted by Gasteiger charge is -2.06. The summed E-state index contributed by atoms with van der Waals surface area (Å²) in [4.78, 5) is 8.66. The van der Waals surface area contributed by atoms with Crippen molar-refractivity contribution in [3.8, 4) is 0 Å². The van der Waals surface area contributed by atoms with E-state index in [2.05, 4.69) is 41.8 Å². The molecule has 0 unspecified atom stereocenters. The number of aryl methyl sites for hydroxylation is 1. The average Bonchev–Trinajstić information content (AvgIpc) is 2.29. The van der Waals surface area contributed by atoms with Crippen molar-refractivity contribution in [2.75, 3.05) is 0 Å². The highest BCUT2D eigenvalue weighted by Crippen LogP contribution is 2.24. The quantitative estimate of drug-likeness (QED) is 0.719. The van der Waals surface area contributed by atoms with Gasteiger partial charge in [-0.3, -0.25) is 0 Å². The lowest BCUT2D eigenvalue weighted by Crippen LogP contribution is -2.00. The third-order valence-electron chi connectivity index (χ3n) is 2.33. The van der Waals surface area contributed by atoms with Crippen molar-refractivity contribution in [1.82, 2.24) is 9.97 Å². The first-order valence-corrected chi connectivity index (χ1v) is 6.96.